The molecule has 0 radical (unpaired) electrons. The van der Waals surface area contributed by atoms with Crippen LogP contribution in [0.5, 0.6) is 5.75 Å². The summed E-state index contributed by atoms with van der Waals surface area (Å²) in [4.78, 5) is 43.5. The fraction of sp³-hybridized carbons (Fsp3) is 0.290. The predicted octanol–water partition coefficient (Wildman–Crippen LogP) is 2.56. The van der Waals surface area contributed by atoms with E-state index in [4.69, 9.17) is 21.9 Å². The zero-order valence-electron chi connectivity index (χ0n) is 23.7. The highest BCUT2D eigenvalue weighted by molar-refractivity contribution is 5.99. The van der Waals surface area contributed by atoms with Crippen LogP contribution in [0.2, 0.25) is 0 Å². The van der Waals surface area contributed by atoms with Crippen molar-refractivity contribution in [3.05, 3.63) is 89.2 Å². The van der Waals surface area contributed by atoms with Gasteiger partial charge in [-0.1, -0.05) is 24.3 Å². The third-order valence-corrected chi connectivity index (χ3v) is 6.85. The molecule has 0 unspecified atom stereocenters. The van der Waals surface area contributed by atoms with Gasteiger partial charge in [-0.3, -0.25) is 14.4 Å². The summed E-state index contributed by atoms with van der Waals surface area (Å²) in [6.07, 6.45) is 2.32. The lowest BCUT2D eigenvalue weighted by Crippen LogP contribution is -2.37. The van der Waals surface area contributed by atoms with Gasteiger partial charge >= 0.3 is 0 Å². The smallest absolute Gasteiger partial charge is 0.255 e. The van der Waals surface area contributed by atoms with Crippen LogP contribution in [0, 0.1) is 5.82 Å². The van der Waals surface area contributed by atoms with Gasteiger partial charge in [0.2, 0.25) is 11.8 Å². The number of hydrogen-bond donors (Lipinski definition) is 5. The summed E-state index contributed by atoms with van der Waals surface area (Å²) < 4.78 is 19.3. The molecule has 0 spiro atoms. The number of carbonyl (C=O) groups is 3. The molecule has 8 N–H and O–H groups in total. The van der Waals surface area contributed by atoms with Gasteiger partial charge in [0.25, 0.3) is 5.91 Å². The van der Waals surface area contributed by atoms with Gasteiger partial charge in [-0.05, 0) is 66.8 Å². The quantitative estimate of drug-likeness (QED) is 0.115. The van der Waals surface area contributed by atoms with Crippen LogP contribution in [-0.2, 0) is 22.6 Å². The molecule has 226 valence electrons. The van der Waals surface area contributed by atoms with Crippen LogP contribution in [-0.4, -0.2) is 54.3 Å². The summed E-state index contributed by atoms with van der Waals surface area (Å²) in [5.41, 5.74) is 19.7. The molecule has 3 amide bonds. The van der Waals surface area contributed by atoms with Crippen molar-refractivity contribution in [3.63, 3.8) is 0 Å². The summed E-state index contributed by atoms with van der Waals surface area (Å²) in [6.45, 7) is 1.78. The molecule has 0 bridgehead atoms. The molecule has 12 heteroatoms. The zero-order valence-corrected chi connectivity index (χ0v) is 23.7. The van der Waals surface area contributed by atoms with E-state index in [1.165, 1.54) is 12.1 Å². The summed E-state index contributed by atoms with van der Waals surface area (Å²) in [7, 11) is 0. The van der Waals surface area contributed by atoms with Gasteiger partial charge in [-0.25, -0.2) is 9.38 Å². The maximum Gasteiger partial charge on any atom is 0.255 e. The van der Waals surface area contributed by atoms with E-state index < -0.39 is 11.9 Å². The lowest BCUT2D eigenvalue weighted by atomic mass is 10.1. The average molecular weight is 590 g/mol. The Bertz CT molecular complexity index is 1460. The minimum absolute atomic E-state index is 0.0523. The van der Waals surface area contributed by atoms with Crippen molar-refractivity contribution in [1.82, 2.24) is 10.2 Å². The van der Waals surface area contributed by atoms with Crippen LogP contribution in [0.15, 0.2) is 71.7 Å². The molecule has 1 atom stereocenters. The summed E-state index contributed by atoms with van der Waals surface area (Å²) in [6, 6.07) is 16.7. The van der Waals surface area contributed by atoms with Gasteiger partial charge in [-0.2, -0.15) is 0 Å². The third kappa shape index (κ3) is 9.27. The lowest BCUT2D eigenvalue weighted by Gasteiger charge is -2.17. The topological polar surface area (TPSA) is 178 Å². The minimum atomic E-state index is -0.858. The first-order valence-electron chi connectivity index (χ1n) is 14.0. The molecular weight excluding hydrogens is 553 g/mol. The zero-order chi connectivity index (χ0) is 30.8. The van der Waals surface area contributed by atoms with Gasteiger partial charge in [0.15, 0.2) is 5.96 Å². The van der Waals surface area contributed by atoms with Crippen molar-refractivity contribution in [1.29, 1.82) is 0 Å². The first-order chi connectivity index (χ1) is 20.7. The summed E-state index contributed by atoms with van der Waals surface area (Å²) in [5, 5.41) is 5.65. The number of nitrogens with zero attached hydrogens (tertiary/aromatic N) is 2. The number of anilines is 1. The Morgan fingerprint density at radius 1 is 1.02 bits per heavy atom. The van der Waals surface area contributed by atoms with E-state index in [2.05, 4.69) is 15.6 Å². The molecule has 0 aliphatic carbocycles. The number of halogens is 1. The molecule has 11 nitrogen and oxygen atoms in total. The second kappa shape index (κ2) is 14.8. The number of likely N-dealkylation sites (tertiary alicyclic amines) is 1. The van der Waals surface area contributed by atoms with E-state index in [0.717, 1.165) is 18.5 Å². The molecule has 0 aromatic heterocycles. The van der Waals surface area contributed by atoms with Crippen LogP contribution in [0.1, 0.15) is 40.7 Å². The van der Waals surface area contributed by atoms with Crippen LogP contribution >= 0.6 is 0 Å². The number of nitrogens with two attached hydrogens (primary N) is 3. The number of nitrogens with one attached hydrogen (secondary N) is 2. The summed E-state index contributed by atoms with van der Waals surface area (Å²) >= 11 is 0. The predicted molar refractivity (Wildman–Crippen MR) is 162 cm³/mol. The Morgan fingerprint density at radius 3 is 2.42 bits per heavy atom. The standard InChI is InChI=1S/C31H36FN7O4/c32-22-8-4-21(5-9-22)19-43-27-18-24(12-13-25(27)29(41)36-14-2-16-39-15-1-3-28(39)40)37-30(42)26(33)17-20-6-10-23(11-7-20)38-31(34)35/h4-13,18,26H,1-3,14-17,19,33H2,(H,36,41)(H,37,42)(H4,34,35,38)/t26-/m0/s1. The van der Waals surface area contributed by atoms with E-state index >= 15 is 0 Å². The summed E-state index contributed by atoms with van der Waals surface area (Å²) in [5.74, 6) is -0.833. The van der Waals surface area contributed by atoms with Crippen LogP contribution < -0.4 is 32.6 Å². The minimum Gasteiger partial charge on any atom is -0.488 e. The van der Waals surface area contributed by atoms with Gasteiger partial charge in [0.05, 0.1) is 17.3 Å². The van der Waals surface area contributed by atoms with Crippen molar-refractivity contribution >= 4 is 35.1 Å². The molecular formula is C31H36FN7O4. The van der Waals surface area contributed by atoms with E-state index in [9.17, 15) is 18.8 Å². The van der Waals surface area contributed by atoms with Gasteiger partial charge in [-0.15, -0.1) is 0 Å². The number of benzene rings is 3. The van der Waals surface area contributed by atoms with Gasteiger partial charge in [0.1, 0.15) is 18.2 Å². The van der Waals surface area contributed by atoms with E-state index in [-0.39, 0.29) is 47.9 Å². The number of ether oxygens (including phenoxy) is 1. The highest BCUT2D eigenvalue weighted by atomic mass is 19.1. The van der Waals surface area contributed by atoms with Crippen LogP contribution in [0.3, 0.4) is 0 Å². The van der Waals surface area contributed by atoms with Crippen molar-refractivity contribution < 1.29 is 23.5 Å². The average Bonchev–Trinajstić information content (AvgIpc) is 3.40. The van der Waals surface area contributed by atoms with Crippen LogP contribution in [0.4, 0.5) is 15.8 Å². The molecule has 3 aromatic rings. The Morgan fingerprint density at radius 2 is 1.74 bits per heavy atom. The first kappa shape index (κ1) is 31.0. The maximum atomic E-state index is 13.3. The van der Waals surface area contributed by atoms with E-state index in [1.54, 1.807) is 59.5 Å². The second-order valence-electron chi connectivity index (χ2n) is 10.2. The molecule has 1 fully saturated rings. The molecule has 1 aliphatic rings. The molecule has 1 aliphatic heterocycles. The largest absolute Gasteiger partial charge is 0.488 e. The Labute approximate surface area is 249 Å². The molecule has 3 aromatic carbocycles. The monoisotopic (exact) mass is 589 g/mol. The Balaban J connectivity index is 1.40. The normalized spacial score (nSPS) is 13.3. The number of hydrogen-bond acceptors (Lipinski definition) is 6. The number of guanidine groups is 1. The molecule has 43 heavy (non-hydrogen) atoms. The Kier molecular flexibility index (Phi) is 10.6. The number of carbonyl (C=O) groups excluding carboxylic acids is 3. The Hall–Kier alpha value is -4.97. The maximum absolute atomic E-state index is 13.3. The van der Waals surface area contributed by atoms with Crippen molar-refractivity contribution in [2.75, 3.05) is 25.0 Å². The lowest BCUT2D eigenvalue weighted by molar-refractivity contribution is -0.127. The highest BCUT2D eigenvalue weighted by Crippen LogP contribution is 2.25. The fourth-order valence-electron chi connectivity index (χ4n) is 4.59. The van der Waals surface area contributed by atoms with Gasteiger partial charge in [0, 0.05) is 37.8 Å². The molecule has 1 saturated heterocycles. The van der Waals surface area contributed by atoms with Crippen molar-refractivity contribution in [2.45, 2.75) is 38.3 Å². The first-order valence-corrected chi connectivity index (χ1v) is 14.0. The number of rotatable bonds is 13. The van der Waals surface area contributed by atoms with Crippen LogP contribution in [0.25, 0.3) is 0 Å². The van der Waals surface area contributed by atoms with E-state index in [1.807, 2.05) is 0 Å². The number of aliphatic imine (C=N–C) groups is 1. The molecule has 0 saturated carbocycles. The molecule has 1 heterocycles. The van der Waals surface area contributed by atoms with Gasteiger partial charge < -0.3 is 37.5 Å². The highest BCUT2D eigenvalue weighted by Gasteiger charge is 2.20. The van der Waals surface area contributed by atoms with E-state index in [0.29, 0.717) is 42.9 Å². The fourth-order valence-corrected chi connectivity index (χ4v) is 4.59. The van der Waals surface area contributed by atoms with Crippen molar-refractivity contribution in [2.24, 2.45) is 22.2 Å². The molecule has 4 rings (SSSR count). The third-order valence-electron chi connectivity index (χ3n) is 6.85. The second-order valence-corrected chi connectivity index (χ2v) is 10.2. The number of amides is 3. The SMILES string of the molecule is NC(N)=Nc1ccc(C[C@H](N)C(=O)Nc2ccc(C(=O)NCCCN3CCCC3=O)c(OCc3ccc(F)cc3)c2)cc1. The van der Waals surface area contributed by atoms with Crippen molar-refractivity contribution in [3.8, 4) is 5.75 Å².